The molecule has 0 spiro atoms. The monoisotopic (exact) mass is 843 g/mol. The van der Waals surface area contributed by atoms with E-state index < -0.39 is 0 Å². The third-order valence-corrected chi connectivity index (χ3v) is 10.8. The van der Waals surface area contributed by atoms with Crippen molar-refractivity contribution in [2.24, 2.45) is 7.05 Å². The second-order valence-corrected chi connectivity index (χ2v) is 14.3. The zero-order valence-electron chi connectivity index (χ0n) is 32.4. The molecule has 7 rings (SSSR count). The number of rotatable bonds is 17. The highest BCUT2D eigenvalue weighted by molar-refractivity contribution is 9.08. The molecule has 10 nitrogen and oxygen atoms in total. The summed E-state index contributed by atoms with van der Waals surface area (Å²) in [4.78, 5) is 16.3. The minimum atomic E-state index is -0.310. The first-order chi connectivity index (χ1) is 27.0. The molecule has 0 aliphatic carbocycles. The summed E-state index contributed by atoms with van der Waals surface area (Å²) in [6.45, 7) is 7.63. The largest absolute Gasteiger partial charge is 0.493 e. The predicted molar refractivity (Wildman–Crippen MR) is 230 cm³/mol. The van der Waals surface area contributed by atoms with Crippen molar-refractivity contribution in [2.75, 3.05) is 58.0 Å². The average Bonchev–Trinajstić information content (AvgIpc) is 3.72. The Labute approximate surface area is 343 Å². The van der Waals surface area contributed by atoms with Gasteiger partial charge in [-0.1, -0.05) is 70.5 Å². The molecule has 6 aromatic rings. The van der Waals surface area contributed by atoms with Crippen molar-refractivity contribution < 1.29 is 23.7 Å². The molecule has 0 saturated carbocycles. The van der Waals surface area contributed by atoms with Gasteiger partial charge in [0.1, 0.15) is 29.5 Å². The molecule has 0 bridgehead atoms. The maximum Gasteiger partial charge on any atom is 0.355 e. The van der Waals surface area contributed by atoms with E-state index in [4.69, 9.17) is 24.0 Å². The van der Waals surface area contributed by atoms with Crippen molar-refractivity contribution in [1.82, 2.24) is 19.7 Å². The smallest absolute Gasteiger partial charge is 0.355 e. The second kappa shape index (κ2) is 19.5. The lowest BCUT2D eigenvalue weighted by atomic mass is 9.98. The Hall–Kier alpha value is -4.55. The fourth-order valence-corrected chi connectivity index (χ4v) is 8.31. The van der Waals surface area contributed by atoms with Gasteiger partial charge in [-0.25, -0.2) is 4.79 Å². The molecule has 296 valence electrons. The fourth-order valence-electron chi connectivity index (χ4n) is 7.67. The van der Waals surface area contributed by atoms with Crippen molar-refractivity contribution in [3.8, 4) is 22.6 Å². The molecular weight excluding hydrogens is 794 g/mol. The van der Waals surface area contributed by atoms with Crippen LogP contribution < -0.4 is 19.7 Å². The Balaban J connectivity index is 0.00000532. The quantitative estimate of drug-likeness (QED) is 0.0554. The van der Waals surface area contributed by atoms with Gasteiger partial charge in [-0.15, -0.1) is 12.4 Å². The molecule has 1 aliphatic heterocycles. The van der Waals surface area contributed by atoms with Crippen molar-refractivity contribution >= 4 is 61.7 Å². The van der Waals surface area contributed by atoms with Crippen molar-refractivity contribution in [2.45, 2.75) is 44.7 Å². The van der Waals surface area contributed by atoms with Gasteiger partial charge in [0, 0.05) is 59.6 Å². The number of aryl methyl sites for hydroxylation is 3. The molecule has 0 radical (unpaired) electrons. The van der Waals surface area contributed by atoms with E-state index in [2.05, 4.69) is 79.2 Å². The molecule has 3 heterocycles. The third kappa shape index (κ3) is 8.86. The van der Waals surface area contributed by atoms with Gasteiger partial charge in [-0.05, 0) is 81.1 Å². The summed E-state index contributed by atoms with van der Waals surface area (Å²) in [7, 11) is 3.92. The van der Waals surface area contributed by atoms with E-state index in [1.165, 1.54) is 0 Å². The first kappa shape index (κ1) is 41.1. The van der Waals surface area contributed by atoms with E-state index in [1.807, 2.05) is 62.1 Å². The number of halogens is 2. The van der Waals surface area contributed by atoms with Crippen LogP contribution in [0.25, 0.3) is 32.8 Å². The molecule has 1 saturated heterocycles. The van der Waals surface area contributed by atoms with Gasteiger partial charge in [0.25, 0.3) is 0 Å². The second-order valence-electron chi connectivity index (χ2n) is 13.7. The van der Waals surface area contributed by atoms with E-state index >= 15 is 0 Å². The molecule has 2 aromatic heterocycles. The highest BCUT2D eigenvalue weighted by atomic mass is 79.9. The van der Waals surface area contributed by atoms with Crippen molar-refractivity contribution in [1.29, 1.82) is 0 Å². The number of anilines is 1. The van der Waals surface area contributed by atoms with Crippen molar-refractivity contribution in [3.63, 3.8) is 0 Å². The SMILES string of the molecule is CCOC(=O)c1c(CCCOc2cccc3ccccc23)c2cccc(-c3c(COc4ccc(N5CCOCC5)cc4)nn(C)c3CBr)c2n1CCCNC.Cl. The number of nitrogens with zero attached hydrogens (tertiary/aromatic N) is 4. The highest BCUT2D eigenvalue weighted by Crippen LogP contribution is 2.40. The summed E-state index contributed by atoms with van der Waals surface area (Å²) in [6.07, 6.45) is 2.20. The Morgan fingerprint density at radius 3 is 2.45 bits per heavy atom. The summed E-state index contributed by atoms with van der Waals surface area (Å²) in [5.74, 6) is 1.33. The number of fused-ring (bicyclic) bond motifs is 2. The maximum absolute atomic E-state index is 14.0. The number of hydrogen-bond acceptors (Lipinski definition) is 8. The molecule has 1 aliphatic rings. The van der Waals surface area contributed by atoms with Crippen LogP contribution in [0.4, 0.5) is 5.69 Å². The molecule has 12 heteroatoms. The number of nitrogens with one attached hydrogen (secondary N) is 1. The van der Waals surface area contributed by atoms with Crippen LogP contribution in [-0.2, 0) is 41.4 Å². The standard InChI is InChI=1S/C44H50BrN5O5.ClH/c1-4-53-44(51)43-36(16-9-26-54-40-17-7-12-31-11-5-6-13-34(31)40)35-14-8-15-37(42(35)50(43)23-10-22-46-2)41-38(47-48(3)39(41)29-45)30-55-33-20-18-32(19-21-33)49-24-27-52-28-25-49;/h5-8,11-15,17-21,46H,4,9-10,16,22-30H2,1-3H3;1H. The lowest BCUT2D eigenvalue weighted by molar-refractivity contribution is 0.0512. The van der Waals surface area contributed by atoms with Gasteiger partial charge in [0.2, 0.25) is 0 Å². The van der Waals surface area contributed by atoms with Crippen LogP contribution in [0.15, 0.2) is 84.9 Å². The fraction of sp³-hybridized carbons (Fsp3) is 0.364. The summed E-state index contributed by atoms with van der Waals surface area (Å²) < 4.78 is 28.2. The molecule has 1 N–H and O–H groups in total. The van der Waals surface area contributed by atoms with E-state index in [-0.39, 0.29) is 25.0 Å². The molecule has 4 aromatic carbocycles. The number of alkyl halides is 1. The van der Waals surface area contributed by atoms with Crippen LogP contribution in [0.2, 0.25) is 0 Å². The van der Waals surface area contributed by atoms with Gasteiger partial charge in [-0.2, -0.15) is 5.10 Å². The molecule has 1 fully saturated rings. The summed E-state index contributed by atoms with van der Waals surface area (Å²) in [5, 5.41) is 12.1. The predicted octanol–water partition coefficient (Wildman–Crippen LogP) is 8.73. The first-order valence-electron chi connectivity index (χ1n) is 19.2. The lowest BCUT2D eigenvalue weighted by Crippen LogP contribution is -2.36. The Morgan fingerprint density at radius 1 is 0.929 bits per heavy atom. The van der Waals surface area contributed by atoms with Crippen LogP contribution in [0.3, 0.4) is 0 Å². The van der Waals surface area contributed by atoms with E-state index in [0.29, 0.717) is 37.2 Å². The molecular formula is C44H51BrClN5O5. The average molecular weight is 845 g/mol. The number of benzene rings is 4. The third-order valence-electron chi connectivity index (χ3n) is 10.3. The Morgan fingerprint density at radius 2 is 1.68 bits per heavy atom. The van der Waals surface area contributed by atoms with Crippen LogP contribution in [0.5, 0.6) is 11.5 Å². The highest BCUT2D eigenvalue weighted by Gasteiger charge is 2.28. The topological polar surface area (TPSA) is 92.0 Å². The maximum atomic E-state index is 14.0. The van der Waals surface area contributed by atoms with Gasteiger partial charge in [0.05, 0.1) is 37.6 Å². The molecule has 0 unspecified atom stereocenters. The van der Waals surface area contributed by atoms with Gasteiger partial charge >= 0.3 is 5.97 Å². The van der Waals surface area contributed by atoms with E-state index in [9.17, 15) is 4.79 Å². The zero-order chi connectivity index (χ0) is 38.1. The summed E-state index contributed by atoms with van der Waals surface area (Å²) in [5.41, 5.74) is 7.61. The molecule has 56 heavy (non-hydrogen) atoms. The number of aromatic nitrogens is 3. The van der Waals surface area contributed by atoms with E-state index in [0.717, 1.165) is 113 Å². The number of para-hydroxylation sites is 1. The number of carbonyl (C=O) groups is 1. The zero-order valence-corrected chi connectivity index (χ0v) is 34.8. The number of carbonyl (C=O) groups excluding carboxylic acids is 1. The number of hydrogen-bond donors (Lipinski definition) is 1. The van der Waals surface area contributed by atoms with Crippen LogP contribution in [0, 0.1) is 0 Å². The first-order valence-corrected chi connectivity index (χ1v) is 20.4. The lowest BCUT2D eigenvalue weighted by Gasteiger charge is -2.28. The summed E-state index contributed by atoms with van der Waals surface area (Å²) >= 11 is 3.77. The van der Waals surface area contributed by atoms with E-state index in [1.54, 1.807) is 0 Å². The number of ether oxygens (including phenoxy) is 4. The Kier molecular flexibility index (Phi) is 14.3. The minimum absolute atomic E-state index is 0. The Bertz CT molecular complexity index is 2230. The van der Waals surface area contributed by atoms with Crippen LogP contribution >= 0.6 is 28.3 Å². The normalized spacial score (nSPS) is 12.9. The van der Waals surface area contributed by atoms with Gasteiger partial charge < -0.3 is 33.7 Å². The van der Waals surface area contributed by atoms with Crippen LogP contribution in [0.1, 0.15) is 47.2 Å². The van der Waals surface area contributed by atoms with Gasteiger partial charge in [0.15, 0.2) is 0 Å². The minimum Gasteiger partial charge on any atom is -0.493 e. The van der Waals surface area contributed by atoms with Crippen molar-refractivity contribution in [3.05, 3.63) is 108 Å². The van der Waals surface area contributed by atoms with Gasteiger partial charge in [-0.3, -0.25) is 4.68 Å². The molecule has 0 amide bonds. The van der Waals surface area contributed by atoms with Crippen LogP contribution in [-0.4, -0.2) is 73.4 Å². The summed E-state index contributed by atoms with van der Waals surface area (Å²) in [6, 6.07) is 29.0. The number of morpholine rings is 1. The molecule has 0 atom stereocenters. The number of esters is 1.